The van der Waals surface area contributed by atoms with Crippen molar-refractivity contribution in [2.75, 3.05) is 0 Å². The summed E-state index contributed by atoms with van der Waals surface area (Å²) in [5.41, 5.74) is 19.1. The number of benzene rings is 8. The number of nitrogens with zero attached hydrogens (tertiary/aromatic N) is 4. The first-order valence-corrected chi connectivity index (χ1v) is 26.4. The molecule has 0 aliphatic rings. The molecule has 3 aromatic heterocycles. The molecule has 0 unspecified atom stereocenters. The van der Waals surface area contributed by atoms with Gasteiger partial charge in [0.15, 0.2) is 0 Å². The van der Waals surface area contributed by atoms with E-state index in [4.69, 9.17) is 9.97 Å². The second-order valence-electron chi connectivity index (χ2n) is 24.6. The number of phenolic OH excluding ortho intramolecular Hbond substituents is 1. The summed E-state index contributed by atoms with van der Waals surface area (Å²) < 4.78 is 4.66. The predicted octanol–water partition coefficient (Wildman–Crippen LogP) is 18.7. The third-order valence-corrected chi connectivity index (χ3v) is 15.1. The Morgan fingerprint density at radius 1 is 0.387 bits per heavy atom. The van der Waals surface area contributed by atoms with Crippen LogP contribution in [0, 0.1) is 0 Å². The van der Waals surface area contributed by atoms with Crippen LogP contribution in [0.1, 0.15) is 105 Å². The smallest absolute Gasteiger partial charge is 0.149 e. The number of fused-ring (bicyclic) bond motifs is 4. The Balaban J connectivity index is 1.10. The second-order valence-corrected chi connectivity index (χ2v) is 24.6. The fraction of sp³-hybridized carbons (Fsp3) is 0.229. The average molecular weight is 981 g/mol. The number of pyridine rings is 1. The molecule has 0 aliphatic carbocycles. The summed E-state index contributed by atoms with van der Waals surface area (Å²) in [5.74, 6) is 0.948. The van der Waals surface area contributed by atoms with Crippen molar-refractivity contribution >= 4 is 32.8 Å². The maximum Gasteiger partial charge on any atom is 0.149 e. The van der Waals surface area contributed by atoms with E-state index in [-0.39, 0.29) is 27.4 Å². The molecule has 0 aliphatic heterocycles. The van der Waals surface area contributed by atoms with E-state index in [1.807, 2.05) is 6.20 Å². The molecule has 1 N–H and O–H groups in total. The van der Waals surface area contributed by atoms with Crippen LogP contribution in [-0.4, -0.2) is 24.2 Å². The number of phenols is 1. The molecule has 0 bridgehead atoms. The SMILES string of the molecule is CC(C)(C)c1cc(-c2cc(-c3ccc(-n4c5ccccc5c5ccccc54)cc3)ccn2)cc(-c2cccc3c2nc(-c2cc(C(C)(C)C)cc(C(C)(C)C)c2O)n3-c2ccc(C(C)(C)C)cc2-c2ccccc2)c1. The zero-order valence-corrected chi connectivity index (χ0v) is 45.6. The van der Waals surface area contributed by atoms with Gasteiger partial charge >= 0.3 is 0 Å². The fourth-order valence-corrected chi connectivity index (χ4v) is 10.7. The number of hydrogen-bond acceptors (Lipinski definition) is 3. The molecular weight excluding hydrogens is 913 g/mol. The van der Waals surface area contributed by atoms with E-state index in [1.54, 1.807) is 0 Å². The van der Waals surface area contributed by atoms with Crippen LogP contribution in [0.3, 0.4) is 0 Å². The van der Waals surface area contributed by atoms with Gasteiger partial charge < -0.3 is 9.67 Å². The molecule has 5 heteroatoms. The minimum Gasteiger partial charge on any atom is -0.507 e. The molecule has 374 valence electrons. The summed E-state index contributed by atoms with van der Waals surface area (Å²) in [5, 5.41) is 15.2. The Kier molecular flexibility index (Phi) is 11.9. The highest BCUT2D eigenvalue weighted by molar-refractivity contribution is 6.09. The molecular formula is C70H68N4O. The third kappa shape index (κ3) is 9.03. The molecule has 3 heterocycles. The molecule has 0 spiro atoms. The van der Waals surface area contributed by atoms with Crippen molar-refractivity contribution in [1.29, 1.82) is 0 Å². The van der Waals surface area contributed by atoms with Gasteiger partial charge in [-0.2, -0.15) is 0 Å². The molecule has 11 rings (SSSR count). The van der Waals surface area contributed by atoms with Crippen molar-refractivity contribution in [3.8, 4) is 73.2 Å². The number of rotatable bonds is 7. The Bertz CT molecular complexity index is 3920. The molecule has 0 atom stereocenters. The lowest BCUT2D eigenvalue weighted by Gasteiger charge is -2.28. The van der Waals surface area contributed by atoms with Crippen molar-refractivity contribution in [3.05, 3.63) is 210 Å². The van der Waals surface area contributed by atoms with Crippen LogP contribution in [0.5, 0.6) is 5.75 Å². The highest BCUT2D eigenvalue weighted by Gasteiger charge is 2.30. The molecule has 0 fully saturated rings. The second kappa shape index (κ2) is 18.1. The van der Waals surface area contributed by atoms with Crippen LogP contribution >= 0.6 is 0 Å². The molecule has 0 saturated carbocycles. The van der Waals surface area contributed by atoms with E-state index in [0.717, 1.165) is 78.2 Å². The monoisotopic (exact) mass is 981 g/mol. The number of para-hydroxylation sites is 3. The summed E-state index contributed by atoms with van der Waals surface area (Å²) in [6.07, 6.45) is 1.93. The number of aromatic hydroxyl groups is 1. The first-order valence-electron chi connectivity index (χ1n) is 26.4. The van der Waals surface area contributed by atoms with Gasteiger partial charge in [-0.15, -0.1) is 0 Å². The highest BCUT2D eigenvalue weighted by Crippen LogP contribution is 2.46. The Hall–Kier alpha value is -8.02. The van der Waals surface area contributed by atoms with E-state index in [9.17, 15) is 5.11 Å². The van der Waals surface area contributed by atoms with Gasteiger partial charge in [0.25, 0.3) is 0 Å². The first kappa shape index (κ1) is 49.2. The lowest BCUT2D eigenvalue weighted by Crippen LogP contribution is -2.17. The van der Waals surface area contributed by atoms with Gasteiger partial charge in [0.1, 0.15) is 11.6 Å². The molecule has 0 saturated heterocycles. The Morgan fingerprint density at radius 3 is 1.61 bits per heavy atom. The summed E-state index contributed by atoms with van der Waals surface area (Å²) in [6.45, 7) is 26.9. The lowest BCUT2D eigenvalue weighted by atomic mass is 9.79. The van der Waals surface area contributed by atoms with Gasteiger partial charge in [0, 0.05) is 44.9 Å². The van der Waals surface area contributed by atoms with Crippen molar-refractivity contribution in [3.63, 3.8) is 0 Å². The van der Waals surface area contributed by atoms with E-state index < -0.39 is 0 Å². The molecule has 11 aromatic rings. The van der Waals surface area contributed by atoms with Crippen molar-refractivity contribution in [2.24, 2.45) is 0 Å². The van der Waals surface area contributed by atoms with Crippen molar-refractivity contribution < 1.29 is 5.11 Å². The van der Waals surface area contributed by atoms with Gasteiger partial charge in [-0.1, -0.05) is 192 Å². The molecule has 0 radical (unpaired) electrons. The summed E-state index contributed by atoms with van der Waals surface area (Å²) >= 11 is 0. The first-order chi connectivity index (χ1) is 35.6. The van der Waals surface area contributed by atoms with Crippen LogP contribution in [-0.2, 0) is 21.7 Å². The lowest BCUT2D eigenvalue weighted by molar-refractivity contribution is 0.446. The minimum atomic E-state index is -0.336. The zero-order chi connectivity index (χ0) is 52.8. The van der Waals surface area contributed by atoms with E-state index >= 15 is 0 Å². The van der Waals surface area contributed by atoms with E-state index in [0.29, 0.717) is 11.4 Å². The van der Waals surface area contributed by atoms with Crippen LogP contribution in [0.4, 0.5) is 0 Å². The number of aromatic nitrogens is 4. The Labute approximate surface area is 443 Å². The number of imidazole rings is 1. The van der Waals surface area contributed by atoms with Gasteiger partial charge in [-0.05, 0) is 133 Å². The fourth-order valence-electron chi connectivity index (χ4n) is 10.7. The summed E-state index contributed by atoms with van der Waals surface area (Å²) in [6, 6.07) is 65.9. The molecule has 8 aromatic carbocycles. The van der Waals surface area contributed by atoms with Gasteiger partial charge in [-0.25, -0.2) is 4.98 Å². The Morgan fingerprint density at radius 2 is 0.973 bits per heavy atom. The average Bonchev–Trinajstić information content (AvgIpc) is 3.94. The summed E-state index contributed by atoms with van der Waals surface area (Å²) in [7, 11) is 0. The van der Waals surface area contributed by atoms with Gasteiger partial charge in [-0.3, -0.25) is 9.55 Å². The topological polar surface area (TPSA) is 55.9 Å². The zero-order valence-electron chi connectivity index (χ0n) is 45.6. The minimum absolute atomic E-state index is 0.0842. The largest absolute Gasteiger partial charge is 0.507 e. The molecule has 5 nitrogen and oxygen atoms in total. The van der Waals surface area contributed by atoms with Gasteiger partial charge in [0.05, 0.1) is 39.0 Å². The standard InChI is InChI=1S/C70H68N4O/c1-67(2,3)49-31-34-62(56(41-49)45-21-14-13-15-22-45)74-63-28-20-25-53(64(63)72-66(74)57-42-51(69(7,8)9)43-58(65(57)75)70(10,11)12)47-37-48(39-50(38-47)68(4,5)6)59-40-46(35-36-71-59)44-29-32-52(33-30-44)73-60-26-18-16-23-54(60)55-24-17-19-27-61(55)73/h13-43,75H,1-12H3. The van der Waals surface area contributed by atoms with Crippen LogP contribution < -0.4 is 0 Å². The molecule has 0 amide bonds. The number of hydrogen-bond donors (Lipinski definition) is 1. The quantitative estimate of drug-likeness (QED) is 0.173. The highest BCUT2D eigenvalue weighted by atomic mass is 16.3. The van der Waals surface area contributed by atoms with Gasteiger partial charge in [0.2, 0.25) is 0 Å². The van der Waals surface area contributed by atoms with Crippen LogP contribution in [0.2, 0.25) is 0 Å². The van der Waals surface area contributed by atoms with Crippen molar-refractivity contribution in [1.82, 2.24) is 19.1 Å². The predicted molar refractivity (Wildman–Crippen MR) is 317 cm³/mol. The summed E-state index contributed by atoms with van der Waals surface area (Å²) in [4.78, 5) is 10.8. The third-order valence-electron chi connectivity index (χ3n) is 15.1. The van der Waals surface area contributed by atoms with Crippen LogP contribution in [0.25, 0.3) is 100 Å². The van der Waals surface area contributed by atoms with Crippen LogP contribution in [0.15, 0.2) is 188 Å². The normalized spacial score (nSPS) is 12.6. The van der Waals surface area contributed by atoms with Crippen molar-refractivity contribution in [2.45, 2.75) is 105 Å². The maximum atomic E-state index is 12.7. The van der Waals surface area contributed by atoms with E-state index in [1.165, 1.54) is 32.9 Å². The van der Waals surface area contributed by atoms with E-state index in [2.05, 4.69) is 274 Å². The molecule has 75 heavy (non-hydrogen) atoms. The maximum absolute atomic E-state index is 12.7.